The van der Waals surface area contributed by atoms with E-state index in [1.807, 2.05) is 24.3 Å². The van der Waals surface area contributed by atoms with Gasteiger partial charge in [0.05, 0.1) is 12.0 Å². The molecular formula is C21H22BrN3O4. The molecule has 0 unspecified atom stereocenters. The van der Waals surface area contributed by atoms with Crippen LogP contribution in [0.15, 0.2) is 56.9 Å². The van der Waals surface area contributed by atoms with Crippen molar-refractivity contribution >= 4 is 33.6 Å². The molecule has 0 bridgehead atoms. The van der Waals surface area contributed by atoms with E-state index < -0.39 is 22.9 Å². The molecule has 0 saturated heterocycles. The highest BCUT2D eigenvalue weighted by Crippen LogP contribution is 2.44. The fourth-order valence-corrected chi connectivity index (χ4v) is 3.70. The van der Waals surface area contributed by atoms with Crippen molar-refractivity contribution in [1.29, 1.82) is 0 Å². The van der Waals surface area contributed by atoms with Gasteiger partial charge in [-0.3, -0.25) is 14.4 Å². The summed E-state index contributed by atoms with van der Waals surface area (Å²) in [5, 5.41) is 0. The largest absolute Gasteiger partial charge is 0.465 e. The van der Waals surface area contributed by atoms with Gasteiger partial charge < -0.3 is 15.0 Å². The molecular weight excluding hydrogens is 438 g/mol. The van der Waals surface area contributed by atoms with Crippen molar-refractivity contribution in [2.24, 2.45) is 10.7 Å². The lowest BCUT2D eigenvalue weighted by atomic mass is 9.63. The van der Waals surface area contributed by atoms with E-state index in [1.54, 1.807) is 6.92 Å². The fourth-order valence-electron chi connectivity index (χ4n) is 3.44. The molecule has 1 aliphatic rings. The Hall–Kier alpha value is -2.74. The molecule has 152 valence electrons. The minimum absolute atomic E-state index is 0.134. The molecule has 0 atom stereocenters. The SMILES string of the molecule is CCOC(=O)Cn1cccc(C(=O)N=C(N)C2(c3ccc(Br)cc3)CCC2)c1=O. The minimum atomic E-state index is -0.714. The summed E-state index contributed by atoms with van der Waals surface area (Å²) in [5.41, 5.74) is 6.03. The summed E-state index contributed by atoms with van der Waals surface area (Å²) in [6, 6.07) is 10.7. The molecule has 1 aromatic heterocycles. The first kappa shape index (κ1) is 21.0. The van der Waals surface area contributed by atoms with Gasteiger partial charge in [0, 0.05) is 10.7 Å². The molecule has 1 saturated carbocycles. The molecule has 1 fully saturated rings. The number of ether oxygens (including phenoxy) is 1. The lowest BCUT2D eigenvalue weighted by molar-refractivity contribution is -0.143. The Labute approximate surface area is 176 Å². The number of rotatable bonds is 6. The number of esters is 1. The summed E-state index contributed by atoms with van der Waals surface area (Å²) in [6.07, 6.45) is 3.99. The van der Waals surface area contributed by atoms with Gasteiger partial charge in [-0.1, -0.05) is 34.5 Å². The van der Waals surface area contributed by atoms with Crippen molar-refractivity contribution in [2.75, 3.05) is 6.61 Å². The number of hydrogen-bond acceptors (Lipinski definition) is 4. The second-order valence-electron chi connectivity index (χ2n) is 6.90. The molecule has 3 rings (SSSR count). The predicted octanol–water partition coefficient (Wildman–Crippen LogP) is 2.79. The second-order valence-corrected chi connectivity index (χ2v) is 7.82. The fraction of sp³-hybridized carbons (Fsp3) is 0.333. The van der Waals surface area contributed by atoms with Crippen molar-refractivity contribution in [1.82, 2.24) is 4.57 Å². The zero-order valence-corrected chi connectivity index (χ0v) is 17.6. The van der Waals surface area contributed by atoms with Crippen molar-refractivity contribution in [3.63, 3.8) is 0 Å². The van der Waals surface area contributed by atoms with Crippen molar-refractivity contribution in [2.45, 2.75) is 38.1 Å². The zero-order chi connectivity index (χ0) is 21.0. The number of amides is 1. The average Bonchev–Trinajstić information content (AvgIpc) is 2.64. The quantitative estimate of drug-likeness (QED) is 0.406. The normalized spacial score (nSPS) is 15.4. The van der Waals surface area contributed by atoms with E-state index in [1.165, 1.54) is 18.3 Å². The van der Waals surface area contributed by atoms with E-state index in [0.717, 1.165) is 33.9 Å². The van der Waals surface area contributed by atoms with Crippen molar-refractivity contribution in [3.05, 3.63) is 68.5 Å². The summed E-state index contributed by atoms with van der Waals surface area (Å²) in [7, 11) is 0. The molecule has 7 nitrogen and oxygen atoms in total. The first-order valence-corrected chi connectivity index (χ1v) is 10.2. The Morgan fingerprint density at radius 1 is 1.24 bits per heavy atom. The predicted molar refractivity (Wildman–Crippen MR) is 113 cm³/mol. The Morgan fingerprint density at radius 2 is 1.93 bits per heavy atom. The van der Waals surface area contributed by atoms with Crippen LogP contribution in [-0.4, -0.2) is 28.9 Å². The van der Waals surface area contributed by atoms with Crippen LogP contribution in [0, 0.1) is 0 Å². The molecule has 0 spiro atoms. The maximum atomic E-state index is 12.7. The van der Waals surface area contributed by atoms with Gasteiger partial charge in [0.25, 0.3) is 11.5 Å². The maximum Gasteiger partial charge on any atom is 0.326 e. The van der Waals surface area contributed by atoms with Gasteiger partial charge in [0.15, 0.2) is 0 Å². The number of amidine groups is 1. The number of carbonyl (C=O) groups is 2. The molecule has 0 aliphatic heterocycles. The molecule has 1 aliphatic carbocycles. The summed E-state index contributed by atoms with van der Waals surface area (Å²) in [4.78, 5) is 41.0. The van der Waals surface area contributed by atoms with Crippen LogP contribution in [0.1, 0.15) is 42.1 Å². The smallest absolute Gasteiger partial charge is 0.326 e. The van der Waals surface area contributed by atoms with E-state index in [9.17, 15) is 14.4 Å². The number of benzene rings is 1. The average molecular weight is 460 g/mol. The van der Waals surface area contributed by atoms with E-state index in [4.69, 9.17) is 10.5 Å². The van der Waals surface area contributed by atoms with Gasteiger partial charge in [-0.2, -0.15) is 4.99 Å². The van der Waals surface area contributed by atoms with Gasteiger partial charge >= 0.3 is 5.97 Å². The first-order valence-electron chi connectivity index (χ1n) is 9.37. The number of hydrogen-bond donors (Lipinski definition) is 1. The van der Waals surface area contributed by atoms with Crippen LogP contribution >= 0.6 is 15.9 Å². The van der Waals surface area contributed by atoms with Gasteiger partial charge in [0.2, 0.25) is 0 Å². The highest BCUT2D eigenvalue weighted by atomic mass is 79.9. The molecule has 1 amide bonds. The standard InChI is InChI=1S/C21H22BrN3O4/c1-2-29-17(26)13-25-12-3-5-16(19(25)28)18(27)24-20(23)21(10-4-11-21)14-6-8-15(22)9-7-14/h3,5-9,12H,2,4,10-11,13H2,1H3,(H2,23,24,27). The minimum Gasteiger partial charge on any atom is -0.465 e. The van der Waals surface area contributed by atoms with Crippen molar-refractivity contribution in [3.8, 4) is 0 Å². The molecule has 1 aromatic carbocycles. The third-order valence-electron chi connectivity index (χ3n) is 5.17. The van der Waals surface area contributed by atoms with Gasteiger partial charge in [-0.05, 0) is 49.6 Å². The Morgan fingerprint density at radius 3 is 2.52 bits per heavy atom. The number of aromatic nitrogens is 1. The molecule has 0 radical (unpaired) electrons. The van der Waals surface area contributed by atoms with Gasteiger partial charge in [0.1, 0.15) is 17.9 Å². The lowest BCUT2D eigenvalue weighted by Crippen LogP contribution is -2.47. The van der Waals surface area contributed by atoms with Crippen LogP contribution < -0.4 is 11.3 Å². The molecule has 29 heavy (non-hydrogen) atoms. The number of nitrogens with zero attached hydrogens (tertiary/aromatic N) is 2. The van der Waals surface area contributed by atoms with E-state index in [0.29, 0.717) is 0 Å². The van der Waals surface area contributed by atoms with E-state index >= 15 is 0 Å². The van der Waals surface area contributed by atoms with Crippen LogP contribution in [0.3, 0.4) is 0 Å². The molecule has 2 N–H and O–H groups in total. The van der Waals surface area contributed by atoms with E-state index in [2.05, 4.69) is 20.9 Å². The van der Waals surface area contributed by atoms with E-state index in [-0.39, 0.29) is 24.6 Å². The van der Waals surface area contributed by atoms with Gasteiger partial charge in [-0.25, -0.2) is 0 Å². The van der Waals surface area contributed by atoms with Crippen LogP contribution in [0.5, 0.6) is 0 Å². The third kappa shape index (κ3) is 4.32. The summed E-state index contributed by atoms with van der Waals surface area (Å²) < 4.78 is 6.94. The third-order valence-corrected chi connectivity index (χ3v) is 5.70. The monoisotopic (exact) mass is 459 g/mol. The van der Waals surface area contributed by atoms with Crippen molar-refractivity contribution < 1.29 is 14.3 Å². The summed E-state index contributed by atoms with van der Waals surface area (Å²) >= 11 is 3.42. The Bertz CT molecular complexity index is 1010. The van der Waals surface area contributed by atoms with Crippen LogP contribution in [0.4, 0.5) is 0 Å². The second kappa shape index (κ2) is 8.73. The maximum absolute atomic E-state index is 12.7. The Kier molecular flexibility index (Phi) is 6.32. The molecule has 8 heteroatoms. The summed E-state index contributed by atoms with van der Waals surface area (Å²) in [5.74, 6) is -1.06. The number of halogens is 1. The summed E-state index contributed by atoms with van der Waals surface area (Å²) in [6.45, 7) is 1.63. The zero-order valence-electron chi connectivity index (χ0n) is 16.1. The highest BCUT2D eigenvalue weighted by Gasteiger charge is 2.42. The van der Waals surface area contributed by atoms with Gasteiger partial charge in [-0.15, -0.1) is 0 Å². The van der Waals surface area contributed by atoms with Crippen LogP contribution in [-0.2, 0) is 21.5 Å². The lowest BCUT2D eigenvalue weighted by Gasteiger charge is -2.41. The number of aliphatic imine (C=N–C) groups is 1. The van der Waals surface area contributed by atoms with Crippen LogP contribution in [0.2, 0.25) is 0 Å². The Balaban J connectivity index is 1.88. The topological polar surface area (TPSA) is 104 Å². The first-order chi connectivity index (χ1) is 13.9. The number of pyridine rings is 1. The molecule has 1 heterocycles. The van der Waals surface area contributed by atoms with Crippen LogP contribution in [0.25, 0.3) is 0 Å². The number of carbonyl (C=O) groups excluding carboxylic acids is 2. The highest BCUT2D eigenvalue weighted by molar-refractivity contribution is 9.10. The number of nitrogens with two attached hydrogens (primary N) is 1. The molecule has 2 aromatic rings.